The molecule has 3 atom stereocenters. The summed E-state index contributed by atoms with van der Waals surface area (Å²) in [5.74, 6) is -0.0570. The number of carbonyl (C=O) groups is 2. The minimum Gasteiger partial charge on any atom is -0.337 e. The Morgan fingerprint density at radius 3 is 2.52 bits per heavy atom. The standard InChI is InChI=1S/C20H32N4O2.ClH/c1-5-14(2)18(21)19(25)22-16-10-8-15(9-11-16)20(26)24(4)17-7-6-12-23(3)13-17;/h8-11,14,17-18H,5-7,12-13,21H2,1-4H3,(H,22,25);1H. The van der Waals surface area contributed by atoms with Crippen molar-refractivity contribution >= 4 is 29.9 Å². The molecule has 1 aliphatic heterocycles. The van der Waals surface area contributed by atoms with E-state index in [4.69, 9.17) is 5.73 Å². The van der Waals surface area contributed by atoms with Crippen LogP contribution in [0.5, 0.6) is 0 Å². The molecule has 0 aliphatic carbocycles. The van der Waals surface area contributed by atoms with E-state index in [2.05, 4.69) is 17.3 Å². The Hall–Kier alpha value is -1.63. The molecular weight excluding hydrogens is 364 g/mol. The van der Waals surface area contributed by atoms with Crippen LogP contribution >= 0.6 is 12.4 Å². The van der Waals surface area contributed by atoms with Crippen LogP contribution in [0.3, 0.4) is 0 Å². The van der Waals surface area contributed by atoms with Gasteiger partial charge in [0.15, 0.2) is 0 Å². The van der Waals surface area contributed by atoms with Gasteiger partial charge in [-0.2, -0.15) is 0 Å². The van der Waals surface area contributed by atoms with Gasteiger partial charge in [0.25, 0.3) is 5.91 Å². The van der Waals surface area contributed by atoms with E-state index in [0.717, 1.165) is 32.4 Å². The predicted molar refractivity (Wildman–Crippen MR) is 112 cm³/mol. The highest BCUT2D eigenvalue weighted by atomic mass is 35.5. The van der Waals surface area contributed by atoms with Crippen LogP contribution in [-0.4, -0.2) is 60.9 Å². The van der Waals surface area contributed by atoms with Crippen molar-refractivity contribution in [2.45, 2.75) is 45.2 Å². The number of benzene rings is 1. The third kappa shape index (κ3) is 6.19. The minimum absolute atomic E-state index is 0. The van der Waals surface area contributed by atoms with Gasteiger partial charge in [-0.15, -0.1) is 12.4 Å². The monoisotopic (exact) mass is 396 g/mol. The smallest absolute Gasteiger partial charge is 0.253 e. The number of piperidine rings is 1. The molecular formula is C20H33ClN4O2. The summed E-state index contributed by atoms with van der Waals surface area (Å²) in [6.07, 6.45) is 3.00. The number of carbonyl (C=O) groups excluding carboxylic acids is 2. The van der Waals surface area contributed by atoms with E-state index in [0.29, 0.717) is 11.3 Å². The molecule has 2 rings (SSSR count). The van der Waals surface area contributed by atoms with Crippen LogP contribution in [-0.2, 0) is 4.79 Å². The second kappa shape index (κ2) is 10.6. The number of amides is 2. The summed E-state index contributed by atoms with van der Waals surface area (Å²) in [4.78, 5) is 29.0. The molecule has 1 saturated heterocycles. The summed E-state index contributed by atoms with van der Waals surface area (Å²) >= 11 is 0. The summed E-state index contributed by atoms with van der Waals surface area (Å²) in [7, 11) is 3.96. The van der Waals surface area contributed by atoms with Crippen molar-refractivity contribution in [1.82, 2.24) is 9.80 Å². The van der Waals surface area contributed by atoms with Gasteiger partial charge in [0.05, 0.1) is 6.04 Å². The molecule has 1 aliphatic rings. The molecule has 6 nitrogen and oxygen atoms in total. The Balaban J connectivity index is 0.00000364. The van der Waals surface area contributed by atoms with Crippen LogP contribution in [0.1, 0.15) is 43.5 Å². The molecule has 3 N–H and O–H groups in total. The Kier molecular flexibility index (Phi) is 9.22. The lowest BCUT2D eigenvalue weighted by molar-refractivity contribution is -0.118. The number of nitrogens with two attached hydrogens (primary N) is 1. The van der Waals surface area contributed by atoms with E-state index in [9.17, 15) is 9.59 Å². The fraction of sp³-hybridized carbons (Fsp3) is 0.600. The van der Waals surface area contributed by atoms with Gasteiger partial charge in [-0.1, -0.05) is 20.3 Å². The lowest BCUT2D eigenvalue weighted by Gasteiger charge is -2.35. The Morgan fingerprint density at radius 2 is 1.96 bits per heavy atom. The van der Waals surface area contributed by atoms with Crippen molar-refractivity contribution in [3.05, 3.63) is 29.8 Å². The normalized spacial score (nSPS) is 19.5. The lowest BCUT2D eigenvalue weighted by atomic mass is 9.99. The molecule has 0 bridgehead atoms. The first-order chi connectivity index (χ1) is 12.3. The molecule has 1 fully saturated rings. The maximum absolute atomic E-state index is 12.7. The van der Waals surface area contributed by atoms with E-state index in [1.165, 1.54) is 0 Å². The highest BCUT2D eigenvalue weighted by Gasteiger charge is 2.25. The predicted octanol–water partition coefficient (Wildman–Crippen LogP) is 2.59. The zero-order chi connectivity index (χ0) is 19.3. The molecule has 1 heterocycles. The second-order valence-electron chi connectivity index (χ2n) is 7.45. The number of nitrogens with one attached hydrogen (secondary N) is 1. The van der Waals surface area contributed by atoms with E-state index < -0.39 is 6.04 Å². The number of likely N-dealkylation sites (N-methyl/N-ethyl adjacent to an activating group) is 2. The molecule has 1 aromatic carbocycles. The highest BCUT2D eigenvalue weighted by molar-refractivity contribution is 5.97. The van der Waals surface area contributed by atoms with Crippen LogP contribution in [0.15, 0.2) is 24.3 Å². The topological polar surface area (TPSA) is 78.7 Å². The van der Waals surface area contributed by atoms with E-state index in [-0.39, 0.29) is 36.2 Å². The van der Waals surface area contributed by atoms with Gasteiger partial charge in [0, 0.05) is 30.9 Å². The first kappa shape index (κ1) is 23.4. The Bertz CT molecular complexity index is 623. The fourth-order valence-electron chi connectivity index (χ4n) is 3.26. The minimum atomic E-state index is -0.532. The summed E-state index contributed by atoms with van der Waals surface area (Å²) in [5.41, 5.74) is 7.24. The number of hydrogen-bond acceptors (Lipinski definition) is 4. The van der Waals surface area contributed by atoms with Gasteiger partial charge >= 0.3 is 0 Å². The number of nitrogens with zero attached hydrogens (tertiary/aromatic N) is 2. The molecule has 0 spiro atoms. The number of anilines is 1. The zero-order valence-corrected chi connectivity index (χ0v) is 17.6. The summed E-state index contributed by atoms with van der Waals surface area (Å²) in [5, 5.41) is 2.83. The number of halogens is 1. The quantitative estimate of drug-likeness (QED) is 0.774. The zero-order valence-electron chi connectivity index (χ0n) is 16.8. The molecule has 1 aromatic rings. The number of likely N-dealkylation sites (tertiary alicyclic amines) is 1. The maximum Gasteiger partial charge on any atom is 0.253 e. The van der Waals surface area contributed by atoms with Crippen molar-refractivity contribution in [2.75, 3.05) is 32.5 Å². The van der Waals surface area contributed by atoms with Crippen LogP contribution in [0.25, 0.3) is 0 Å². The molecule has 0 aromatic heterocycles. The van der Waals surface area contributed by atoms with Gasteiger partial charge in [-0.05, 0) is 56.6 Å². The molecule has 2 amide bonds. The third-order valence-corrected chi connectivity index (χ3v) is 5.43. The average molecular weight is 397 g/mol. The SMILES string of the molecule is CCC(C)C(N)C(=O)Nc1ccc(C(=O)N(C)C2CCCN(C)C2)cc1.Cl. The van der Waals surface area contributed by atoms with Gasteiger partial charge < -0.3 is 20.9 Å². The van der Waals surface area contributed by atoms with Gasteiger partial charge in [0.1, 0.15) is 0 Å². The third-order valence-electron chi connectivity index (χ3n) is 5.43. The van der Waals surface area contributed by atoms with E-state index in [1.54, 1.807) is 24.3 Å². The second-order valence-corrected chi connectivity index (χ2v) is 7.45. The molecule has 27 heavy (non-hydrogen) atoms. The van der Waals surface area contributed by atoms with Crippen molar-refractivity contribution in [1.29, 1.82) is 0 Å². The first-order valence-electron chi connectivity index (χ1n) is 9.45. The van der Waals surface area contributed by atoms with Gasteiger partial charge in [0.2, 0.25) is 5.91 Å². The number of hydrogen-bond donors (Lipinski definition) is 2. The fourth-order valence-corrected chi connectivity index (χ4v) is 3.26. The maximum atomic E-state index is 12.7. The summed E-state index contributed by atoms with van der Waals surface area (Å²) in [6.45, 7) is 5.97. The van der Waals surface area contributed by atoms with Crippen LogP contribution in [0, 0.1) is 5.92 Å². The Labute approximate surface area is 168 Å². The largest absolute Gasteiger partial charge is 0.337 e. The lowest BCUT2D eigenvalue weighted by Crippen LogP contribution is -2.47. The van der Waals surface area contributed by atoms with E-state index >= 15 is 0 Å². The Morgan fingerprint density at radius 1 is 1.33 bits per heavy atom. The average Bonchev–Trinajstić information content (AvgIpc) is 2.66. The summed E-state index contributed by atoms with van der Waals surface area (Å²) in [6, 6.07) is 6.75. The van der Waals surface area contributed by atoms with Crippen molar-refractivity contribution in [3.63, 3.8) is 0 Å². The molecule has 0 radical (unpaired) electrons. The van der Waals surface area contributed by atoms with Gasteiger partial charge in [-0.3, -0.25) is 9.59 Å². The highest BCUT2D eigenvalue weighted by Crippen LogP contribution is 2.18. The molecule has 3 unspecified atom stereocenters. The van der Waals surface area contributed by atoms with Crippen molar-refractivity contribution < 1.29 is 9.59 Å². The number of rotatable bonds is 6. The van der Waals surface area contributed by atoms with Crippen LogP contribution in [0.2, 0.25) is 0 Å². The van der Waals surface area contributed by atoms with Crippen molar-refractivity contribution in [2.24, 2.45) is 11.7 Å². The molecule has 7 heteroatoms. The first-order valence-corrected chi connectivity index (χ1v) is 9.45. The molecule has 152 valence electrons. The summed E-state index contributed by atoms with van der Waals surface area (Å²) < 4.78 is 0. The van der Waals surface area contributed by atoms with Crippen molar-refractivity contribution in [3.8, 4) is 0 Å². The molecule has 0 saturated carbocycles. The van der Waals surface area contributed by atoms with E-state index in [1.807, 2.05) is 25.8 Å². The van der Waals surface area contributed by atoms with Crippen LogP contribution < -0.4 is 11.1 Å². The van der Waals surface area contributed by atoms with Gasteiger partial charge in [-0.25, -0.2) is 0 Å². The van der Waals surface area contributed by atoms with Crippen LogP contribution in [0.4, 0.5) is 5.69 Å².